The molecular weight excluding hydrogens is 342 g/mol. The van der Waals surface area contributed by atoms with Crippen LogP contribution in [0.1, 0.15) is 43.0 Å². The number of hydrogen-bond acceptors (Lipinski definition) is 5. The van der Waals surface area contributed by atoms with Gasteiger partial charge in [-0.25, -0.2) is 4.98 Å². The van der Waals surface area contributed by atoms with Gasteiger partial charge in [0.2, 0.25) is 5.88 Å². The molecule has 3 heterocycles. The molecular formula is C17H18ClN5O2. The molecule has 1 N–H and O–H groups in total. The summed E-state index contributed by atoms with van der Waals surface area (Å²) in [7, 11) is 0. The van der Waals surface area contributed by atoms with Gasteiger partial charge in [-0.1, -0.05) is 17.7 Å². The van der Waals surface area contributed by atoms with Gasteiger partial charge in [-0.15, -0.1) is 10.2 Å². The number of nitrogens with one attached hydrogen (secondary N) is 1. The fourth-order valence-corrected chi connectivity index (χ4v) is 2.57. The van der Waals surface area contributed by atoms with Crippen LogP contribution in [0.3, 0.4) is 0 Å². The number of carbonyl (C=O) groups excluding carboxylic acids is 1. The zero-order chi connectivity index (χ0) is 18.0. The van der Waals surface area contributed by atoms with Gasteiger partial charge in [0.25, 0.3) is 5.91 Å². The summed E-state index contributed by atoms with van der Waals surface area (Å²) in [5, 5.41) is 11.4. The van der Waals surface area contributed by atoms with Gasteiger partial charge in [-0.3, -0.25) is 9.20 Å². The van der Waals surface area contributed by atoms with Crippen LogP contribution in [0.5, 0.6) is 5.88 Å². The number of carbonyl (C=O) groups is 1. The van der Waals surface area contributed by atoms with Gasteiger partial charge < -0.3 is 10.1 Å². The monoisotopic (exact) mass is 359 g/mol. The van der Waals surface area contributed by atoms with Crippen molar-refractivity contribution in [2.45, 2.75) is 32.9 Å². The van der Waals surface area contributed by atoms with Crippen LogP contribution in [0.15, 0.2) is 36.7 Å². The van der Waals surface area contributed by atoms with Crippen molar-refractivity contribution in [3.05, 3.63) is 53.1 Å². The van der Waals surface area contributed by atoms with Crippen molar-refractivity contribution in [3.63, 3.8) is 0 Å². The van der Waals surface area contributed by atoms with Crippen LogP contribution >= 0.6 is 11.6 Å². The van der Waals surface area contributed by atoms with E-state index < -0.39 is 0 Å². The minimum absolute atomic E-state index is 0.0501. The molecule has 0 aliphatic carbocycles. The SMILES string of the molecule is CC(C)Oc1ncc(C(=O)NC(C)c2nnc3ccccn23)cc1Cl. The number of rotatable bonds is 5. The molecule has 0 radical (unpaired) electrons. The molecule has 7 nitrogen and oxygen atoms in total. The fraction of sp³-hybridized carbons (Fsp3) is 0.294. The summed E-state index contributed by atoms with van der Waals surface area (Å²) < 4.78 is 7.30. The Kier molecular flexibility index (Phi) is 4.85. The summed E-state index contributed by atoms with van der Waals surface area (Å²) in [6.45, 7) is 5.60. The summed E-state index contributed by atoms with van der Waals surface area (Å²) >= 11 is 6.14. The lowest BCUT2D eigenvalue weighted by Gasteiger charge is -2.14. The normalized spacial score (nSPS) is 12.4. The van der Waals surface area contributed by atoms with Crippen LogP contribution in [0.25, 0.3) is 5.65 Å². The van der Waals surface area contributed by atoms with E-state index in [-0.39, 0.29) is 18.1 Å². The molecule has 0 spiro atoms. The second-order valence-corrected chi connectivity index (χ2v) is 6.27. The summed E-state index contributed by atoms with van der Waals surface area (Å²) in [6.07, 6.45) is 3.24. The number of aromatic nitrogens is 4. The molecule has 8 heteroatoms. The third kappa shape index (κ3) is 3.71. The second kappa shape index (κ2) is 7.06. The molecule has 1 amide bonds. The smallest absolute Gasteiger partial charge is 0.253 e. The van der Waals surface area contributed by atoms with Crippen molar-refractivity contribution >= 4 is 23.2 Å². The van der Waals surface area contributed by atoms with Crippen molar-refractivity contribution in [1.29, 1.82) is 0 Å². The van der Waals surface area contributed by atoms with Crippen LogP contribution in [-0.4, -0.2) is 31.6 Å². The maximum atomic E-state index is 12.5. The van der Waals surface area contributed by atoms with Gasteiger partial charge in [0.15, 0.2) is 11.5 Å². The number of fused-ring (bicyclic) bond motifs is 1. The van der Waals surface area contributed by atoms with E-state index in [1.807, 2.05) is 49.6 Å². The molecule has 0 saturated carbocycles. The maximum Gasteiger partial charge on any atom is 0.253 e. The van der Waals surface area contributed by atoms with Crippen molar-refractivity contribution in [1.82, 2.24) is 24.9 Å². The Hall–Kier alpha value is -2.67. The topological polar surface area (TPSA) is 81.4 Å². The van der Waals surface area contributed by atoms with Gasteiger partial charge in [0.05, 0.1) is 17.7 Å². The molecule has 3 aromatic rings. The largest absolute Gasteiger partial charge is 0.474 e. The molecule has 0 fully saturated rings. The standard InChI is InChI=1S/C17H18ClN5O2/c1-10(2)25-17-13(18)8-12(9-19-17)16(24)20-11(3)15-22-21-14-6-4-5-7-23(14)15/h4-11H,1-3H3,(H,20,24). The minimum Gasteiger partial charge on any atom is -0.474 e. The van der Waals surface area contributed by atoms with Crippen LogP contribution in [-0.2, 0) is 0 Å². The highest BCUT2D eigenvalue weighted by atomic mass is 35.5. The van der Waals surface area contributed by atoms with Crippen LogP contribution in [0.4, 0.5) is 0 Å². The molecule has 25 heavy (non-hydrogen) atoms. The van der Waals surface area contributed by atoms with Crippen LogP contribution < -0.4 is 10.1 Å². The molecule has 1 unspecified atom stereocenters. The quantitative estimate of drug-likeness (QED) is 0.757. The average molecular weight is 360 g/mol. The molecule has 0 aromatic carbocycles. The van der Waals surface area contributed by atoms with Crippen molar-refractivity contribution in [2.75, 3.05) is 0 Å². The lowest BCUT2D eigenvalue weighted by Crippen LogP contribution is -2.28. The van der Waals surface area contributed by atoms with E-state index in [4.69, 9.17) is 16.3 Å². The number of hydrogen-bond donors (Lipinski definition) is 1. The summed E-state index contributed by atoms with van der Waals surface area (Å²) in [4.78, 5) is 16.6. The predicted octanol–water partition coefficient (Wildman–Crippen LogP) is 3.06. The van der Waals surface area contributed by atoms with Crippen molar-refractivity contribution in [2.24, 2.45) is 0 Å². The van der Waals surface area contributed by atoms with E-state index in [0.29, 0.717) is 22.3 Å². The lowest BCUT2D eigenvalue weighted by molar-refractivity contribution is 0.0937. The van der Waals surface area contributed by atoms with E-state index >= 15 is 0 Å². The molecule has 0 bridgehead atoms. The average Bonchev–Trinajstić information content (AvgIpc) is 3.00. The van der Waals surface area contributed by atoms with Crippen LogP contribution in [0.2, 0.25) is 5.02 Å². The minimum atomic E-state index is -0.338. The zero-order valence-corrected chi connectivity index (χ0v) is 14.9. The van der Waals surface area contributed by atoms with E-state index in [1.165, 1.54) is 12.3 Å². The van der Waals surface area contributed by atoms with Gasteiger partial charge >= 0.3 is 0 Å². The van der Waals surface area contributed by atoms with E-state index in [2.05, 4.69) is 20.5 Å². The van der Waals surface area contributed by atoms with Gasteiger partial charge in [0.1, 0.15) is 5.02 Å². The molecule has 0 aliphatic rings. The Morgan fingerprint density at radius 2 is 2.08 bits per heavy atom. The summed E-state index contributed by atoms with van der Waals surface area (Å²) in [5.41, 5.74) is 1.07. The van der Waals surface area contributed by atoms with Gasteiger partial charge in [0, 0.05) is 12.4 Å². The first-order valence-electron chi connectivity index (χ1n) is 7.88. The Balaban J connectivity index is 1.76. The Labute approximate surface area is 150 Å². The predicted molar refractivity (Wildman–Crippen MR) is 93.9 cm³/mol. The molecule has 1 atom stereocenters. The fourth-order valence-electron chi connectivity index (χ4n) is 2.36. The molecule has 0 aliphatic heterocycles. The number of pyridine rings is 2. The highest BCUT2D eigenvalue weighted by Crippen LogP contribution is 2.23. The third-order valence-electron chi connectivity index (χ3n) is 3.49. The molecule has 3 aromatic heterocycles. The molecule has 0 saturated heterocycles. The first-order valence-corrected chi connectivity index (χ1v) is 8.26. The summed E-state index contributed by atoms with van der Waals surface area (Å²) in [5.74, 6) is 0.651. The third-order valence-corrected chi connectivity index (χ3v) is 3.76. The molecule has 130 valence electrons. The van der Waals surface area contributed by atoms with E-state index in [1.54, 1.807) is 0 Å². The zero-order valence-electron chi connectivity index (χ0n) is 14.1. The lowest BCUT2D eigenvalue weighted by atomic mass is 10.2. The Morgan fingerprint density at radius 3 is 2.80 bits per heavy atom. The number of ether oxygens (including phenoxy) is 1. The van der Waals surface area contributed by atoms with Crippen molar-refractivity contribution in [3.8, 4) is 5.88 Å². The van der Waals surface area contributed by atoms with Gasteiger partial charge in [-0.2, -0.15) is 0 Å². The first-order chi connectivity index (χ1) is 12.0. The molecule has 3 rings (SSSR count). The van der Waals surface area contributed by atoms with Gasteiger partial charge in [-0.05, 0) is 39.0 Å². The van der Waals surface area contributed by atoms with Crippen LogP contribution in [0, 0.1) is 0 Å². The highest BCUT2D eigenvalue weighted by molar-refractivity contribution is 6.32. The Bertz CT molecular complexity index is 909. The number of nitrogens with zero attached hydrogens (tertiary/aromatic N) is 4. The summed E-state index contributed by atoms with van der Waals surface area (Å²) in [6, 6.07) is 6.81. The van der Waals surface area contributed by atoms with E-state index in [0.717, 1.165) is 5.65 Å². The highest BCUT2D eigenvalue weighted by Gasteiger charge is 2.18. The Morgan fingerprint density at radius 1 is 1.28 bits per heavy atom. The van der Waals surface area contributed by atoms with Crippen molar-refractivity contribution < 1.29 is 9.53 Å². The first kappa shape index (κ1) is 17.2. The number of halogens is 1. The maximum absolute atomic E-state index is 12.5. The number of amides is 1. The second-order valence-electron chi connectivity index (χ2n) is 5.86. The van der Waals surface area contributed by atoms with E-state index in [9.17, 15) is 4.79 Å².